The van der Waals surface area contributed by atoms with Crippen LogP contribution in [0.1, 0.15) is 194 Å². The first-order chi connectivity index (χ1) is 28.3. The number of unbranched alkanes of at least 4 members (excludes halogenated alkanes) is 20. The lowest BCUT2D eigenvalue weighted by Gasteiger charge is -2.20. The molecule has 0 bridgehead atoms. The molecule has 0 aromatic carbocycles. The summed E-state index contributed by atoms with van der Waals surface area (Å²) in [5.41, 5.74) is 0. The first-order valence-electron chi connectivity index (χ1n) is 23.3. The van der Waals surface area contributed by atoms with Gasteiger partial charge in [0.2, 0.25) is 0 Å². The molecule has 0 rings (SSSR count). The molecule has 0 saturated carbocycles. The number of aliphatic hydroxyl groups is 2. The number of hydrogen-bond acceptors (Lipinski definition) is 8. The molecule has 3 atom stereocenters. The van der Waals surface area contributed by atoms with Gasteiger partial charge in [-0.3, -0.25) is 13.8 Å². The van der Waals surface area contributed by atoms with Crippen molar-refractivity contribution in [2.45, 2.75) is 206 Å². The van der Waals surface area contributed by atoms with E-state index in [1.165, 1.54) is 83.5 Å². The van der Waals surface area contributed by atoms with Crippen LogP contribution in [-0.2, 0) is 27.9 Å². The molecule has 0 aromatic heterocycles. The number of carbonyl (C=O) groups is 1. The number of esters is 1. The smallest absolute Gasteiger partial charge is 0.457 e. The highest BCUT2D eigenvalue weighted by molar-refractivity contribution is 7.47. The van der Waals surface area contributed by atoms with Crippen LogP contribution in [0.5, 0.6) is 0 Å². The molecule has 3 N–H and O–H groups in total. The molecule has 0 aliphatic heterocycles. The van der Waals surface area contributed by atoms with Gasteiger partial charge in [-0.2, -0.15) is 0 Å². The number of allylic oxidation sites excluding steroid dienone is 10. The Balaban J connectivity index is 4.17. The largest absolute Gasteiger partial charge is 0.472 e. The van der Waals surface area contributed by atoms with Crippen molar-refractivity contribution in [3.8, 4) is 0 Å². The van der Waals surface area contributed by atoms with Gasteiger partial charge < -0.3 is 24.6 Å². The fraction of sp³-hybridized carbons (Fsp3) is 0.771. The highest BCUT2D eigenvalue weighted by Crippen LogP contribution is 2.43. The fourth-order valence-corrected chi connectivity index (χ4v) is 6.95. The standard InChI is InChI=1S/C48H87O9P/c1-3-5-7-9-11-13-15-17-19-21-23-24-26-28-30-32-34-36-38-40-48(51)57-47(45-56-58(52,53)55-43-46(50)42-49)44-54-41-39-37-35-33-31-29-27-25-22-20-18-16-14-12-10-8-6-4-2/h5,7,11,13,17-20,23-24,46-47,49-50H,3-4,6,8-10,12,14-16,21-22,25-45H2,1-2H3,(H,52,53)/b7-5-,13-11-,19-17-,20-18-,24-23-. The Morgan fingerprint density at radius 1 is 0.552 bits per heavy atom. The summed E-state index contributed by atoms with van der Waals surface area (Å²) in [5.74, 6) is -0.398. The summed E-state index contributed by atoms with van der Waals surface area (Å²) in [5, 5.41) is 18.4. The Labute approximate surface area is 355 Å². The van der Waals surface area contributed by atoms with Crippen molar-refractivity contribution >= 4 is 13.8 Å². The van der Waals surface area contributed by atoms with Crippen LogP contribution in [0, 0.1) is 0 Å². The van der Waals surface area contributed by atoms with Crippen molar-refractivity contribution in [3.05, 3.63) is 60.8 Å². The molecule has 0 spiro atoms. The summed E-state index contributed by atoms with van der Waals surface area (Å²) in [6.45, 7) is 3.38. The van der Waals surface area contributed by atoms with Crippen LogP contribution in [0.15, 0.2) is 60.8 Å². The SMILES string of the molecule is CC/C=C\C/C=C\C/C=C\C/C=C\CCCCCCCCC(=O)OC(COCCCCCCCCCC/C=C\CCCCCCCC)COP(=O)(O)OCC(O)CO. The van der Waals surface area contributed by atoms with Crippen molar-refractivity contribution in [2.24, 2.45) is 0 Å². The third kappa shape index (κ3) is 43.7. The summed E-state index contributed by atoms with van der Waals surface area (Å²) in [7, 11) is -4.53. The maximum Gasteiger partial charge on any atom is 0.472 e. The van der Waals surface area contributed by atoms with E-state index >= 15 is 0 Å². The van der Waals surface area contributed by atoms with Gasteiger partial charge in [-0.15, -0.1) is 0 Å². The van der Waals surface area contributed by atoms with Crippen molar-refractivity contribution in [2.75, 3.05) is 33.0 Å². The van der Waals surface area contributed by atoms with Gasteiger partial charge in [0.1, 0.15) is 12.2 Å². The first kappa shape index (κ1) is 56.2. The van der Waals surface area contributed by atoms with Gasteiger partial charge in [0.15, 0.2) is 0 Å². The maximum absolute atomic E-state index is 12.6. The first-order valence-corrected chi connectivity index (χ1v) is 24.8. The Kier molecular flexibility index (Phi) is 43.3. The topological polar surface area (TPSA) is 132 Å². The molecule has 3 unspecified atom stereocenters. The van der Waals surface area contributed by atoms with E-state index in [4.69, 9.17) is 23.6 Å². The lowest BCUT2D eigenvalue weighted by Crippen LogP contribution is -2.29. The highest BCUT2D eigenvalue weighted by Gasteiger charge is 2.26. The second kappa shape index (κ2) is 44.7. The molecule has 10 heteroatoms. The van der Waals surface area contributed by atoms with E-state index in [9.17, 15) is 19.4 Å². The second-order valence-corrected chi connectivity index (χ2v) is 16.8. The maximum atomic E-state index is 12.6. The van der Waals surface area contributed by atoms with Gasteiger partial charge in [0.25, 0.3) is 0 Å². The van der Waals surface area contributed by atoms with E-state index in [-0.39, 0.29) is 19.6 Å². The zero-order chi connectivity index (χ0) is 42.5. The van der Waals surface area contributed by atoms with Crippen molar-refractivity contribution in [1.29, 1.82) is 0 Å². The number of phosphoric acid groups is 1. The van der Waals surface area contributed by atoms with Gasteiger partial charge in [-0.05, 0) is 77.0 Å². The molecule has 0 saturated heterocycles. The van der Waals surface area contributed by atoms with Crippen molar-refractivity contribution in [1.82, 2.24) is 0 Å². The predicted octanol–water partition coefficient (Wildman–Crippen LogP) is 13.1. The highest BCUT2D eigenvalue weighted by atomic mass is 31.2. The van der Waals surface area contributed by atoms with Crippen LogP contribution in [0.3, 0.4) is 0 Å². The van der Waals surface area contributed by atoms with E-state index in [1.54, 1.807) is 0 Å². The van der Waals surface area contributed by atoms with Crippen LogP contribution < -0.4 is 0 Å². The normalized spacial score (nSPS) is 14.5. The molecule has 0 aromatic rings. The van der Waals surface area contributed by atoms with E-state index < -0.39 is 39.2 Å². The Morgan fingerprint density at radius 2 is 0.983 bits per heavy atom. The molecule has 9 nitrogen and oxygen atoms in total. The van der Waals surface area contributed by atoms with Gasteiger partial charge in [-0.25, -0.2) is 4.57 Å². The fourth-order valence-electron chi connectivity index (χ4n) is 6.16. The van der Waals surface area contributed by atoms with Gasteiger partial charge >= 0.3 is 13.8 Å². The Morgan fingerprint density at radius 3 is 1.50 bits per heavy atom. The van der Waals surface area contributed by atoms with Crippen molar-refractivity contribution < 1.29 is 43.0 Å². The zero-order valence-corrected chi connectivity index (χ0v) is 37.9. The second-order valence-electron chi connectivity index (χ2n) is 15.4. The predicted molar refractivity (Wildman–Crippen MR) is 242 cm³/mol. The van der Waals surface area contributed by atoms with Gasteiger partial charge in [0, 0.05) is 13.0 Å². The lowest BCUT2D eigenvalue weighted by molar-refractivity contribution is -0.154. The van der Waals surface area contributed by atoms with E-state index in [0.717, 1.165) is 83.5 Å². The average molecular weight is 839 g/mol. The molecule has 58 heavy (non-hydrogen) atoms. The minimum absolute atomic E-state index is 0.0394. The van der Waals surface area contributed by atoms with Gasteiger partial charge in [0.05, 0.1) is 26.4 Å². The quantitative estimate of drug-likeness (QED) is 0.0237. The summed E-state index contributed by atoms with van der Waals surface area (Å²) in [6, 6.07) is 0. The molecular weight excluding hydrogens is 751 g/mol. The molecule has 0 fully saturated rings. The minimum Gasteiger partial charge on any atom is -0.457 e. The molecule has 0 heterocycles. The Hall–Kier alpha value is -1.84. The number of hydrogen-bond donors (Lipinski definition) is 3. The monoisotopic (exact) mass is 839 g/mol. The lowest BCUT2D eigenvalue weighted by atomic mass is 10.1. The number of carbonyl (C=O) groups excluding carboxylic acids is 1. The van der Waals surface area contributed by atoms with Gasteiger partial charge in [-0.1, -0.05) is 171 Å². The summed E-state index contributed by atoms with van der Waals surface area (Å²) in [6.07, 6.45) is 51.7. The zero-order valence-electron chi connectivity index (χ0n) is 37.0. The van der Waals surface area contributed by atoms with Crippen LogP contribution in [0.25, 0.3) is 0 Å². The summed E-state index contributed by atoms with van der Waals surface area (Å²) in [4.78, 5) is 22.6. The van der Waals surface area contributed by atoms with Crippen LogP contribution in [-0.4, -0.2) is 66.3 Å². The van der Waals surface area contributed by atoms with Crippen LogP contribution in [0.2, 0.25) is 0 Å². The third-order valence-corrected chi connectivity index (χ3v) is 10.6. The van der Waals surface area contributed by atoms with Crippen LogP contribution >= 0.6 is 7.82 Å². The number of phosphoric ester groups is 1. The molecule has 338 valence electrons. The molecule has 0 aliphatic rings. The number of aliphatic hydroxyl groups excluding tert-OH is 2. The molecule has 0 radical (unpaired) electrons. The summed E-state index contributed by atoms with van der Waals surface area (Å²) >= 11 is 0. The van der Waals surface area contributed by atoms with Crippen LogP contribution in [0.4, 0.5) is 0 Å². The minimum atomic E-state index is -4.53. The van der Waals surface area contributed by atoms with E-state index in [0.29, 0.717) is 13.0 Å². The number of ether oxygens (including phenoxy) is 2. The summed E-state index contributed by atoms with van der Waals surface area (Å²) < 4.78 is 33.4. The molecule has 0 amide bonds. The molecule has 0 aliphatic carbocycles. The third-order valence-electron chi connectivity index (χ3n) is 9.69. The molecular formula is C48H87O9P. The van der Waals surface area contributed by atoms with Crippen molar-refractivity contribution in [3.63, 3.8) is 0 Å². The Bertz CT molecular complexity index is 1090. The van der Waals surface area contributed by atoms with E-state index in [2.05, 4.69) is 74.6 Å². The number of rotatable bonds is 44. The average Bonchev–Trinajstić information content (AvgIpc) is 3.21. The van der Waals surface area contributed by atoms with E-state index in [1.807, 2.05) is 0 Å².